The van der Waals surface area contributed by atoms with Crippen molar-refractivity contribution in [2.75, 3.05) is 13.7 Å². The van der Waals surface area contributed by atoms with Crippen LogP contribution in [0.3, 0.4) is 0 Å². The van der Waals surface area contributed by atoms with Crippen LogP contribution in [0, 0.1) is 0 Å². The summed E-state index contributed by atoms with van der Waals surface area (Å²) < 4.78 is 33.5. The lowest BCUT2D eigenvalue weighted by Crippen LogP contribution is -2.27. The van der Waals surface area contributed by atoms with Gasteiger partial charge in [0, 0.05) is 6.54 Å². The van der Waals surface area contributed by atoms with E-state index in [9.17, 15) is 13.6 Å². The molecule has 0 spiro atoms. The number of carbonyl (C=O) groups excluding carboxylic acids is 1. The Kier molecular flexibility index (Phi) is 6.54. The normalized spacial score (nSPS) is 10.5. The van der Waals surface area contributed by atoms with Gasteiger partial charge in [0.2, 0.25) is 5.91 Å². The Morgan fingerprint density at radius 3 is 2.17 bits per heavy atom. The smallest absolute Gasteiger partial charge is 0.387 e. The summed E-state index contributed by atoms with van der Waals surface area (Å²) in [6.45, 7) is -2.35. The molecule has 2 rings (SSSR count). The van der Waals surface area contributed by atoms with Crippen LogP contribution in [0.4, 0.5) is 8.78 Å². The number of carbonyl (C=O) groups is 1. The lowest BCUT2D eigenvalue weighted by molar-refractivity contribution is -0.120. The minimum atomic E-state index is -2.83. The Morgan fingerprint density at radius 1 is 1.00 bits per heavy atom. The molecule has 0 aromatic heterocycles. The summed E-state index contributed by atoms with van der Waals surface area (Å²) in [6, 6.07) is 13.7. The summed E-state index contributed by atoms with van der Waals surface area (Å²) >= 11 is 0. The van der Waals surface area contributed by atoms with Crippen LogP contribution >= 0.6 is 0 Å². The van der Waals surface area contributed by atoms with Crippen molar-refractivity contribution in [1.82, 2.24) is 5.32 Å². The first-order valence-electron chi connectivity index (χ1n) is 7.50. The maximum absolute atomic E-state index is 12.1. The van der Waals surface area contributed by atoms with Gasteiger partial charge < -0.3 is 14.8 Å². The second-order valence-electron chi connectivity index (χ2n) is 5.15. The molecule has 6 heteroatoms. The van der Waals surface area contributed by atoms with Gasteiger partial charge in [0.15, 0.2) is 0 Å². The molecule has 0 radical (unpaired) electrons. The van der Waals surface area contributed by atoms with Crippen molar-refractivity contribution >= 4 is 5.91 Å². The Labute approximate surface area is 139 Å². The highest BCUT2D eigenvalue weighted by molar-refractivity contribution is 5.78. The van der Waals surface area contributed by atoms with Crippen LogP contribution in [0.25, 0.3) is 0 Å². The van der Waals surface area contributed by atoms with Crippen molar-refractivity contribution in [3.8, 4) is 11.5 Å². The van der Waals surface area contributed by atoms with E-state index in [1.165, 1.54) is 12.1 Å². The van der Waals surface area contributed by atoms with Crippen LogP contribution in [-0.2, 0) is 17.6 Å². The Hall–Kier alpha value is -2.63. The van der Waals surface area contributed by atoms with Gasteiger partial charge in [-0.3, -0.25) is 4.79 Å². The third-order valence-electron chi connectivity index (χ3n) is 3.41. The van der Waals surface area contributed by atoms with E-state index in [2.05, 4.69) is 10.1 Å². The van der Waals surface area contributed by atoms with Crippen molar-refractivity contribution in [2.24, 2.45) is 0 Å². The highest BCUT2D eigenvalue weighted by Crippen LogP contribution is 2.15. The second-order valence-corrected chi connectivity index (χ2v) is 5.15. The maximum atomic E-state index is 12.1. The number of amides is 1. The molecule has 0 saturated heterocycles. The van der Waals surface area contributed by atoms with Crippen LogP contribution in [0.2, 0.25) is 0 Å². The largest absolute Gasteiger partial charge is 0.497 e. The average molecular weight is 335 g/mol. The molecule has 128 valence electrons. The minimum Gasteiger partial charge on any atom is -0.497 e. The van der Waals surface area contributed by atoms with Crippen LogP contribution in [0.1, 0.15) is 11.1 Å². The first kappa shape index (κ1) is 17.7. The predicted molar refractivity (Wildman–Crippen MR) is 86.5 cm³/mol. The number of ether oxygens (including phenoxy) is 2. The van der Waals surface area contributed by atoms with E-state index in [0.29, 0.717) is 19.4 Å². The van der Waals surface area contributed by atoms with Gasteiger partial charge in [0.25, 0.3) is 0 Å². The van der Waals surface area contributed by atoms with Gasteiger partial charge in [0.05, 0.1) is 13.5 Å². The van der Waals surface area contributed by atoms with Gasteiger partial charge in [-0.1, -0.05) is 24.3 Å². The van der Waals surface area contributed by atoms with E-state index in [1.54, 1.807) is 19.2 Å². The van der Waals surface area contributed by atoms with E-state index in [1.807, 2.05) is 24.3 Å². The van der Waals surface area contributed by atoms with Gasteiger partial charge in [-0.05, 0) is 41.8 Å². The number of hydrogen-bond acceptors (Lipinski definition) is 3. The van der Waals surface area contributed by atoms with Crippen LogP contribution in [-0.4, -0.2) is 26.2 Å². The Bertz CT molecular complexity index is 642. The number of halogens is 2. The minimum absolute atomic E-state index is 0.0715. The number of rotatable bonds is 8. The fourth-order valence-electron chi connectivity index (χ4n) is 2.18. The van der Waals surface area contributed by atoms with Crippen LogP contribution in [0.5, 0.6) is 11.5 Å². The topological polar surface area (TPSA) is 47.6 Å². The maximum Gasteiger partial charge on any atom is 0.387 e. The predicted octanol–water partition coefficient (Wildman–Crippen LogP) is 3.20. The van der Waals surface area contributed by atoms with Crippen molar-refractivity contribution < 1.29 is 23.0 Å². The summed E-state index contributed by atoms with van der Waals surface area (Å²) in [5.41, 5.74) is 1.84. The van der Waals surface area contributed by atoms with Crippen LogP contribution < -0.4 is 14.8 Å². The molecule has 2 aromatic rings. The van der Waals surface area contributed by atoms with Crippen molar-refractivity contribution in [2.45, 2.75) is 19.5 Å². The lowest BCUT2D eigenvalue weighted by Gasteiger charge is -2.08. The van der Waals surface area contributed by atoms with Crippen molar-refractivity contribution in [1.29, 1.82) is 0 Å². The second kappa shape index (κ2) is 8.86. The highest BCUT2D eigenvalue weighted by Gasteiger charge is 2.05. The standard InChI is InChI=1S/C18H19F2NO3/c1-23-15-6-4-14(5-7-15)12-17(22)21-11-10-13-2-8-16(9-3-13)24-18(19)20/h2-9,18H,10-12H2,1H3,(H,21,22). The summed E-state index contributed by atoms with van der Waals surface area (Å²) in [5.74, 6) is 0.800. The zero-order valence-corrected chi connectivity index (χ0v) is 13.3. The number of methoxy groups -OCH3 is 1. The highest BCUT2D eigenvalue weighted by atomic mass is 19.3. The van der Waals surface area contributed by atoms with Gasteiger partial charge in [0.1, 0.15) is 11.5 Å². The Morgan fingerprint density at radius 2 is 1.58 bits per heavy atom. The number of nitrogens with one attached hydrogen (secondary N) is 1. The zero-order valence-electron chi connectivity index (χ0n) is 13.3. The van der Waals surface area contributed by atoms with Gasteiger partial charge >= 0.3 is 6.61 Å². The molecule has 24 heavy (non-hydrogen) atoms. The van der Waals surface area contributed by atoms with E-state index < -0.39 is 6.61 Å². The van der Waals surface area contributed by atoms with E-state index >= 15 is 0 Å². The summed E-state index contributed by atoms with van der Waals surface area (Å²) in [5, 5.41) is 2.83. The molecular formula is C18H19F2NO3. The summed E-state index contributed by atoms with van der Waals surface area (Å²) in [4.78, 5) is 11.9. The molecule has 2 aromatic carbocycles. The molecule has 0 heterocycles. The van der Waals surface area contributed by atoms with Gasteiger partial charge in [-0.25, -0.2) is 0 Å². The van der Waals surface area contributed by atoms with Gasteiger partial charge in [-0.2, -0.15) is 8.78 Å². The van der Waals surface area contributed by atoms with Crippen molar-refractivity contribution in [3.63, 3.8) is 0 Å². The third kappa shape index (κ3) is 5.87. The molecular weight excluding hydrogens is 316 g/mol. The molecule has 0 aliphatic carbocycles. The van der Waals surface area contributed by atoms with E-state index in [0.717, 1.165) is 16.9 Å². The Balaban J connectivity index is 1.73. The molecule has 0 unspecified atom stereocenters. The lowest BCUT2D eigenvalue weighted by atomic mass is 10.1. The molecule has 1 N–H and O–H groups in total. The molecule has 0 saturated carbocycles. The fraction of sp³-hybridized carbons (Fsp3) is 0.278. The van der Waals surface area contributed by atoms with Crippen LogP contribution in [0.15, 0.2) is 48.5 Å². The molecule has 0 aliphatic heterocycles. The van der Waals surface area contributed by atoms with E-state index in [-0.39, 0.29) is 11.7 Å². The number of alkyl halides is 2. The monoisotopic (exact) mass is 335 g/mol. The molecule has 0 atom stereocenters. The molecule has 0 aliphatic rings. The molecule has 0 bridgehead atoms. The SMILES string of the molecule is COc1ccc(CC(=O)NCCc2ccc(OC(F)F)cc2)cc1. The van der Waals surface area contributed by atoms with E-state index in [4.69, 9.17) is 4.74 Å². The quantitative estimate of drug-likeness (QED) is 0.806. The molecule has 0 fully saturated rings. The molecule has 1 amide bonds. The fourth-order valence-corrected chi connectivity index (χ4v) is 2.18. The third-order valence-corrected chi connectivity index (χ3v) is 3.41. The summed E-state index contributed by atoms with van der Waals surface area (Å²) in [6.07, 6.45) is 0.911. The van der Waals surface area contributed by atoms with Crippen molar-refractivity contribution in [3.05, 3.63) is 59.7 Å². The molecule has 4 nitrogen and oxygen atoms in total. The average Bonchev–Trinajstić information content (AvgIpc) is 2.57. The van der Waals surface area contributed by atoms with Gasteiger partial charge in [-0.15, -0.1) is 0 Å². The first-order chi connectivity index (χ1) is 11.6. The number of hydrogen-bond donors (Lipinski definition) is 1. The first-order valence-corrected chi connectivity index (χ1v) is 7.50. The number of benzene rings is 2. The summed E-state index contributed by atoms with van der Waals surface area (Å²) in [7, 11) is 1.59. The zero-order chi connectivity index (χ0) is 17.4.